The van der Waals surface area contributed by atoms with Gasteiger partial charge in [0, 0.05) is 28.2 Å². The van der Waals surface area contributed by atoms with Gasteiger partial charge in [-0.1, -0.05) is 43.0 Å². The number of benzene rings is 4. The maximum Gasteiger partial charge on any atom is 0.127 e. The number of ether oxygens (including phenoxy) is 2. The minimum absolute atomic E-state index is 0.282. The van der Waals surface area contributed by atoms with Gasteiger partial charge in [0.05, 0.1) is 13.2 Å². The van der Waals surface area contributed by atoms with Crippen LogP contribution in [0.25, 0.3) is 32.7 Å². The Morgan fingerprint density at radius 2 is 1.12 bits per heavy atom. The topological polar surface area (TPSA) is 18.5 Å². The molecule has 32 heavy (non-hydrogen) atoms. The van der Waals surface area contributed by atoms with Crippen molar-refractivity contribution in [3.8, 4) is 46.3 Å². The molecule has 1 aliphatic heterocycles. The zero-order chi connectivity index (χ0) is 22.1. The number of hydrogen-bond acceptors (Lipinski definition) is 2. The smallest absolute Gasteiger partial charge is 0.127 e. The van der Waals surface area contributed by atoms with Crippen molar-refractivity contribution in [2.24, 2.45) is 5.92 Å². The summed E-state index contributed by atoms with van der Waals surface area (Å²) in [7, 11) is 0. The van der Waals surface area contributed by atoms with Crippen molar-refractivity contribution >= 4 is 21.5 Å². The number of fused-ring (bicyclic) bond motifs is 7. The fourth-order valence-electron chi connectivity index (χ4n) is 4.33. The van der Waals surface area contributed by atoms with Crippen molar-refractivity contribution in [1.82, 2.24) is 0 Å². The molecule has 0 bridgehead atoms. The highest BCUT2D eigenvalue weighted by Gasteiger charge is 2.22. The van der Waals surface area contributed by atoms with Gasteiger partial charge in [0.2, 0.25) is 0 Å². The van der Waals surface area contributed by atoms with E-state index in [1.165, 1.54) is 0 Å². The third kappa shape index (κ3) is 3.55. The summed E-state index contributed by atoms with van der Waals surface area (Å²) in [6, 6.07) is 21.1. The van der Waals surface area contributed by atoms with Gasteiger partial charge in [-0.05, 0) is 71.8 Å². The Hall–Kier alpha value is -3.88. The Morgan fingerprint density at radius 3 is 1.56 bits per heavy atom. The molecule has 4 aromatic rings. The van der Waals surface area contributed by atoms with Crippen LogP contribution in [0.2, 0.25) is 0 Å². The predicted octanol–water partition coefficient (Wildman–Crippen LogP) is 6.81. The van der Waals surface area contributed by atoms with Crippen LogP contribution in [0, 0.1) is 29.6 Å². The molecule has 0 spiro atoms. The molecule has 0 radical (unpaired) electrons. The highest BCUT2D eigenvalue weighted by molar-refractivity contribution is 6.10. The normalized spacial score (nSPS) is 13.1. The van der Waals surface area contributed by atoms with Crippen molar-refractivity contribution in [2.45, 2.75) is 20.8 Å². The molecule has 0 aromatic heterocycles. The lowest BCUT2D eigenvalue weighted by molar-refractivity contribution is 0.192. The van der Waals surface area contributed by atoms with E-state index in [-0.39, 0.29) is 5.92 Å². The van der Waals surface area contributed by atoms with Gasteiger partial charge >= 0.3 is 0 Å². The van der Waals surface area contributed by atoms with Crippen molar-refractivity contribution < 1.29 is 9.47 Å². The summed E-state index contributed by atoms with van der Waals surface area (Å²) >= 11 is 0. The molecule has 2 heteroatoms. The van der Waals surface area contributed by atoms with E-state index in [1.807, 2.05) is 13.8 Å². The fraction of sp³-hybridized carbons (Fsp3) is 0.200. The largest absolute Gasteiger partial charge is 0.493 e. The molecular weight excluding hydrogens is 392 g/mol. The van der Waals surface area contributed by atoms with E-state index in [2.05, 4.69) is 91.3 Å². The molecule has 0 saturated carbocycles. The lowest BCUT2D eigenvalue weighted by Crippen LogP contribution is -2.15. The van der Waals surface area contributed by atoms with Crippen molar-refractivity contribution in [3.63, 3.8) is 0 Å². The maximum absolute atomic E-state index is 6.34. The minimum atomic E-state index is 0.282. The predicted molar refractivity (Wildman–Crippen MR) is 132 cm³/mol. The highest BCUT2D eigenvalue weighted by atomic mass is 16.5. The van der Waals surface area contributed by atoms with Gasteiger partial charge in [-0.2, -0.15) is 0 Å². The quantitative estimate of drug-likeness (QED) is 0.293. The third-order valence-electron chi connectivity index (χ3n) is 5.80. The van der Waals surface area contributed by atoms with E-state index in [0.29, 0.717) is 13.2 Å². The lowest BCUT2D eigenvalue weighted by Gasteiger charge is -2.18. The van der Waals surface area contributed by atoms with Crippen LogP contribution in [0.15, 0.2) is 60.7 Å². The standard InChI is InChI=1S/C30H24O2/c1-4-6-21-8-12-25-23(16-21)10-14-27-29(25)30-26-13-9-22(7-5-2)17-24(26)11-15-28(30)32-19-20(3)18-31-27/h8-17,20H,18-19H2,1-3H3. The molecule has 2 nitrogen and oxygen atoms in total. The Balaban J connectivity index is 1.87. The van der Waals surface area contributed by atoms with E-state index in [9.17, 15) is 0 Å². The van der Waals surface area contributed by atoms with Crippen LogP contribution >= 0.6 is 0 Å². The average Bonchev–Trinajstić information content (AvgIpc) is 2.87. The van der Waals surface area contributed by atoms with E-state index >= 15 is 0 Å². The van der Waals surface area contributed by atoms with Gasteiger partial charge in [-0.25, -0.2) is 0 Å². The fourth-order valence-corrected chi connectivity index (χ4v) is 4.33. The maximum atomic E-state index is 6.34. The zero-order valence-corrected chi connectivity index (χ0v) is 18.6. The summed E-state index contributed by atoms with van der Waals surface area (Å²) < 4.78 is 12.7. The third-order valence-corrected chi connectivity index (χ3v) is 5.80. The first kappa shape index (κ1) is 20.0. The SMILES string of the molecule is CC#Cc1ccc2c3c(ccc2c1)OCC(C)COc1ccc2cc(C#CC)ccc2c1-3. The molecule has 4 aromatic carbocycles. The Kier molecular flexibility index (Phi) is 5.22. The molecule has 5 rings (SSSR count). The number of hydrogen-bond donors (Lipinski definition) is 0. The van der Waals surface area contributed by atoms with Crippen LogP contribution in [0.4, 0.5) is 0 Å². The molecule has 0 atom stereocenters. The van der Waals surface area contributed by atoms with Crippen LogP contribution in [0.5, 0.6) is 11.5 Å². The first-order valence-electron chi connectivity index (χ1n) is 10.9. The molecule has 0 N–H and O–H groups in total. The van der Waals surface area contributed by atoms with E-state index < -0.39 is 0 Å². The summed E-state index contributed by atoms with van der Waals surface area (Å²) in [5.74, 6) is 14.4. The average molecular weight is 417 g/mol. The van der Waals surface area contributed by atoms with Crippen LogP contribution < -0.4 is 9.47 Å². The lowest BCUT2D eigenvalue weighted by atomic mass is 9.91. The molecule has 0 aliphatic carbocycles. The van der Waals surface area contributed by atoms with Gasteiger partial charge in [0.15, 0.2) is 0 Å². The van der Waals surface area contributed by atoms with E-state index in [0.717, 1.165) is 55.3 Å². The first-order valence-corrected chi connectivity index (χ1v) is 10.9. The first-order chi connectivity index (χ1) is 15.7. The summed E-state index contributed by atoms with van der Waals surface area (Å²) in [5.41, 5.74) is 4.16. The highest BCUT2D eigenvalue weighted by Crippen LogP contribution is 2.46. The molecular formula is C30H24O2. The molecule has 0 saturated heterocycles. The van der Waals surface area contributed by atoms with E-state index in [1.54, 1.807) is 0 Å². The van der Waals surface area contributed by atoms with Crippen molar-refractivity contribution in [3.05, 3.63) is 71.8 Å². The van der Waals surface area contributed by atoms with Gasteiger partial charge in [-0.3, -0.25) is 0 Å². The number of rotatable bonds is 0. The summed E-state index contributed by atoms with van der Waals surface area (Å²) in [5, 5.41) is 4.54. The Bertz CT molecular complexity index is 1360. The Labute approximate surface area is 189 Å². The monoisotopic (exact) mass is 416 g/mol. The van der Waals surface area contributed by atoms with Gasteiger partial charge in [0.25, 0.3) is 0 Å². The molecule has 1 heterocycles. The summed E-state index contributed by atoms with van der Waals surface area (Å²) in [6.07, 6.45) is 0. The van der Waals surface area contributed by atoms with Crippen molar-refractivity contribution in [2.75, 3.05) is 13.2 Å². The zero-order valence-electron chi connectivity index (χ0n) is 18.6. The molecule has 0 unspecified atom stereocenters. The molecule has 0 amide bonds. The van der Waals surface area contributed by atoms with Crippen LogP contribution in [0.3, 0.4) is 0 Å². The second-order valence-corrected chi connectivity index (χ2v) is 8.23. The molecule has 0 fully saturated rings. The summed E-state index contributed by atoms with van der Waals surface area (Å²) in [4.78, 5) is 0. The van der Waals surface area contributed by atoms with Crippen LogP contribution in [-0.4, -0.2) is 13.2 Å². The second kappa shape index (κ2) is 8.33. The van der Waals surface area contributed by atoms with E-state index in [4.69, 9.17) is 9.47 Å². The van der Waals surface area contributed by atoms with Crippen molar-refractivity contribution in [1.29, 1.82) is 0 Å². The Morgan fingerprint density at radius 1 is 0.656 bits per heavy atom. The van der Waals surface area contributed by atoms with Crippen LogP contribution in [-0.2, 0) is 0 Å². The second-order valence-electron chi connectivity index (χ2n) is 8.23. The van der Waals surface area contributed by atoms with Crippen LogP contribution in [0.1, 0.15) is 31.9 Å². The van der Waals surface area contributed by atoms with Gasteiger partial charge in [0.1, 0.15) is 11.5 Å². The summed E-state index contributed by atoms with van der Waals surface area (Å²) in [6.45, 7) is 7.10. The minimum Gasteiger partial charge on any atom is -0.493 e. The van der Waals surface area contributed by atoms with Gasteiger partial charge in [-0.15, -0.1) is 11.8 Å². The molecule has 156 valence electrons. The molecule has 1 aliphatic rings. The van der Waals surface area contributed by atoms with Gasteiger partial charge < -0.3 is 9.47 Å².